The Hall–Kier alpha value is -8.28. The van der Waals surface area contributed by atoms with Crippen molar-refractivity contribution >= 4 is 55.8 Å². The highest BCUT2D eigenvalue weighted by Gasteiger charge is 2.42. The normalized spacial score (nSPS) is 15.5. The predicted octanol–water partition coefficient (Wildman–Crippen LogP) is 14.7. The lowest BCUT2D eigenvalue weighted by atomic mass is 9.89. The average Bonchev–Trinajstić information content (AvgIpc) is 4.04. The van der Waals surface area contributed by atoms with Crippen LogP contribution in [-0.2, 0) is 0 Å². The molecule has 5 heteroatoms. The Bertz CT molecular complexity index is 3650. The highest BCUT2D eigenvalue weighted by Crippen LogP contribution is 2.48. The summed E-state index contributed by atoms with van der Waals surface area (Å²) in [6.07, 6.45) is 1.32. The minimum Gasteiger partial charge on any atom is -0.481 e. The van der Waals surface area contributed by atoms with E-state index < -0.39 is 0 Å². The van der Waals surface area contributed by atoms with Crippen molar-refractivity contribution < 1.29 is 9.15 Å². The Kier molecular flexibility index (Phi) is 7.97. The number of aromatic nitrogens is 1. The van der Waals surface area contributed by atoms with Gasteiger partial charge in [-0.1, -0.05) is 146 Å². The van der Waals surface area contributed by atoms with E-state index in [0.29, 0.717) is 0 Å². The van der Waals surface area contributed by atoms with Crippen LogP contribution in [0.5, 0.6) is 5.75 Å². The van der Waals surface area contributed by atoms with Gasteiger partial charge in [-0.3, -0.25) is 4.99 Å². The summed E-state index contributed by atoms with van der Waals surface area (Å²) in [7, 11) is 0. The van der Waals surface area contributed by atoms with Gasteiger partial charge in [0.25, 0.3) is 0 Å². The van der Waals surface area contributed by atoms with Gasteiger partial charge in [0.1, 0.15) is 29.3 Å². The number of hydrogen-bond donors (Lipinski definition) is 0. The van der Waals surface area contributed by atoms with Crippen molar-refractivity contribution in [2.75, 3.05) is 0 Å². The molecule has 9 aromatic carbocycles. The highest BCUT2D eigenvalue weighted by atomic mass is 16.5. The third kappa shape index (κ3) is 5.70. The molecule has 0 saturated carbocycles. The van der Waals surface area contributed by atoms with Gasteiger partial charge in [0.05, 0.1) is 16.7 Å². The van der Waals surface area contributed by atoms with Crippen molar-refractivity contribution in [2.24, 2.45) is 9.98 Å². The van der Waals surface area contributed by atoms with E-state index in [0.717, 1.165) is 78.0 Å². The fourth-order valence-corrected chi connectivity index (χ4v) is 9.96. The number of rotatable bonds is 6. The highest BCUT2D eigenvalue weighted by molar-refractivity contribution is 6.22. The molecule has 11 aromatic rings. The van der Waals surface area contributed by atoms with Gasteiger partial charge >= 0.3 is 0 Å². The van der Waals surface area contributed by atoms with Crippen LogP contribution in [0.4, 0.5) is 0 Å². The molecule has 0 amide bonds. The lowest BCUT2D eigenvalue weighted by molar-refractivity contribution is 0.276. The molecule has 2 unspecified atom stereocenters. The van der Waals surface area contributed by atoms with Crippen LogP contribution in [0.1, 0.15) is 17.2 Å². The third-order valence-electron chi connectivity index (χ3n) is 12.9. The number of aliphatic imine (C=N–C) groups is 2. The zero-order chi connectivity index (χ0) is 41.4. The molecule has 5 nitrogen and oxygen atoms in total. The number of fused-ring (bicyclic) bond motifs is 9. The Morgan fingerprint density at radius 3 is 1.89 bits per heavy atom. The summed E-state index contributed by atoms with van der Waals surface area (Å²) in [6.45, 7) is 0. The molecule has 2 atom stereocenters. The van der Waals surface area contributed by atoms with Gasteiger partial charge in [-0.05, 0) is 105 Å². The van der Waals surface area contributed by atoms with Crippen LogP contribution in [0.25, 0.3) is 93.9 Å². The van der Waals surface area contributed by atoms with Crippen molar-refractivity contribution in [1.29, 1.82) is 0 Å². The Balaban J connectivity index is 0.859. The second kappa shape index (κ2) is 14.2. The first-order valence-electron chi connectivity index (χ1n) is 21.4. The standard InChI is InChI=1S/C58H37N3O2/c1-3-12-36(13-4-1)37-24-26-38(27-25-37)44-19-10-23-53-55(44)57-58(63-53)56(59-35-60-57)46-20-11-22-52-54(46)48-34-42(29-31-51(48)62-52)40-15-9-14-39(32-40)41-28-30-50-47(33-41)45-18-7-8-21-49(45)61(50)43-16-5-2-6-17-43/h1-35,57-58H. The van der Waals surface area contributed by atoms with Crippen LogP contribution < -0.4 is 4.74 Å². The molecule has 13 rings (SSSR count). The summed E-state index contributed by atoms with van der Waals surface area (Å²) in [5.41, 5.74) is 17.3. The van der Waals surface area contributed by atoms with Crippen LogP contribution in [0.15, 0.2) is 221 Å². The van der Waals surface area contributed by atoms with E-state index in [4.69, 9.17) is 19.1 Å². The van der Waals surface area contributed by atoms with E-state index in [1.165, 1.54) is 38.5 Å². The molecule has 0 N–H and O–H groups in total. The molecule has 2 aromatic heterocycles. The molecule has 0 radical (unpaired) electrons. The Morgan fingerprint density at radius 1 is 0.429 bits per heavy atom. The Labute approximate surface area is 363 Å². The van der Waals surface area contributed by atoms with Gasteiger partial charge in [0, 0.05) is 38.4 Å². The zero-order valence-electron chi connectivity index (χ0n) is 34.0. The van der Waals surface area contributed by atoms with Crippen LogP contribution in [0, 0.1) is 0 Å². The second-order valence-electron chi connectivity index (χ2n) is 16.4. The zero-order valence-corrected chi connectivity index (χ0v) is 34.0. The molecular weight excluding hydrogens is 771 g/mol. The summed E-state index contributed by atoms with van der Waals surface area (Å²) in [4.78, 5) is 9.91. The first-order chi connectivity index (χ1) is 31.2. The van der Waals surface area contributed by atoms with E-state index in [1.54, 1.807) is 6.34 Å². The number of nitrogens with zero attached hydrogens (tertiary/aromatic N) is 3. The molecule has 4 heterocycles. The average molecular weight is 808 g/mol. The van der Waals surface area contributed by atoms with Crippen LogP contribution >= 0.6 is 0 Å². The van der Waals surface area contributed by atoms with Crippen LogP contribution in [0.3, 0.4) is 0 Å². The van der Waals surface area contributed by atoms with Gasteiger partial charge in [-0.2, -0.15) is 0 Å². The van der Waals surface area contributed by atoms with E-state index in [2.05, 4.69) is 193 Å². The van der Waals surface area contributed by atoms with Crippen molar-refractivity contribution in [3.05, 3.63) is 217 Å². The first kappa shape index (κ1) is 35.5. The molecule has 0 aliphatic carbocycles. The lowest BCUT2D eigenvalue weighted by Crippen LogP contribution is -2.32. The van der Waals surface area contributed by atoms with Gasteiger partial charge in [0.2, 0.25) is 0 Å². The lowest BCUT2D eigenvalue weighted by Gasteiger charge is -2.22. The number of benzene rings is 9. The number of ether oxygens (including phenoxy) is 1. The molecular formula is C58H37N3O2. The Morgan fingerprint density at radius 2 is 1.05 bits per heavy atom. The fourth-order valence-electron chi connectivity index (χ4n) is 9.96. The maximum absolute atomic E-state index is 6.82. The molecule has 296 valence electrons. The first-order valence-corrected chi connectivity index (χ1v) is 21.4. The van der Waals surface area contributed by atoms with E-state index in [9.17, 15) is 0 Å². The number of para-hydroxylation sites is 2. The SMILES string of the molecule is C1=NC2c3c(cccc3-c3ccc(-c4ccccc4)cc3)OC2C(c2cccc3oc4ccc(-c5cccc(-c6ccc7c(c6)c6ccccc6n7-c6ccccc6)c5)cc4c23)=N1. The summed E-state index contributed by atoms with van der Waals surface area (Å²) in [5.74, 6) is 0.842. The maximum Gasteiger partial charge on any atom is 0.168 e. The summed E-state index contributed by atoms with van der Waals surface area (Å²) < 4.78 is 15.7. The molecule has 2 aliphatic rings. The summed E-state index contributed by atoms with van der Waals surface area (Å²) in [5, 5.41) is 4.53. The van der Waals surface area contributed by atoms with E-state index in [-0.39, 0.29) is 12.1 Å². The molecule has 0 spiro atoms. The smallest absolute Gasteiger partial charge is 0.168 e. The van der Waals surface area contributed by atoms with Crippen LogP contribution in [0.2, 0.25) is 0 Å². The number of hydrogen-bond acceptors (Lipinski definition) is 4. The molecule has 0 bridgehead atoms. The van der Waals surface area contributed by atoms with Gasteiger partial charge in [0.15, 0.2) is 6.10 Å². The second-order valence-corrected chi connectivity index (χ2v) is 16.4. The molecule has 2 aliphatic heterocycles. The van der Waals surface area contributed by atoms with E-state index >= 15 is 0 Å². The molecule has 63 heavy (non-hydrogen) atoms. The van der Waals surface area contributed by atoms with Crippen molar-refractivity contribution in [2.45, 2.75) is 12.1 Å². The third-order valence-corrected chi connectivity index (χ3v) is 12.9. The van der Waals surface area contributed by atoms with Crippen LogP contribution in [-0.4, -0.2) is 22.7 Å². The summed E-state index contributed by atoms with van der Waals surface area (Å²) in [6, 6.07) is 73.0. The largest absolute Gasteiger partial charge is 0.481 e. The quantitative estimate of drug-likeness (QED) is 0.168. The monoisotopic (exact) mass is 807 g/mol. The van der Waals surface area contributed by atoms with Crippen molar-refractivity contribution in [1.82, 2.24) is 4.57 Å². The van der Waals surface area contributed by atoms with Gasteiger partial charge < -0.3 is 13.7 Å². The summed E-state index contributed by atoms with van der Waals surface area (Å²) >= 11 is 0. The van der Waals surface area contributed by atoms with Gasteiger partial charge in [-0.25, -0.2) is 4.99 Å². The van der Waals surface area contributed by atoms with E-state index in [1.807, 2.05) is 18.2 Å². The maximum atomic E-state index is 6.82. The predicted molar refractivity (Wildman–Crippen MR) is 258 cm³/mol. The fraction of sp³-hybridized carbons (Fsp3) is 0.0345. The minimum absolute atomic E-state index is 0.238. The molecule has 0 fully saturated rings. The van der Waals surface area contributed by atoms with Crippen molar-refractivity contribution in [3.63, 3.8) is 0 Å². The molecule has 0 saturated heterocycles. The van der Waals surface area contributed by atoms with Crippen molar-refractivity contribution in [3.8, 4) is 55.9 Å². The topological polar surface area (TPSA) is 52.0 Å². The van der Waals surface area contributed by atoms with Gasteiger partial charge in [-0.15, -0.1) is 0 Å². The number of furan rings is 1. The minimum atomic E-state index is -0.385.